The van der Waals surface area contributed by atoms with Crippen molar-refractivity contribution >= 4 is 0 Å². The van der Waals surface area contributed by atoms with Crippen molar-refractivity contribution < 1.29 is 14.6 Å². The molecular weight excluding hydrogens is 192 g/mol. The monoisotopic (exact) mass is 208 g/mol. The first-order chi connectivity index (χ1) is 7.26. The van der Waals surface area contributed by atoms with E-state index in [1.807, 2.05) is 25.1 Å². The van der Waals surface area contributed by atoms with Gasteiger partial charge in [-0.25, -0.2) is 0 Å². The molecule has 3 heteroatoms. The van der Waals surface area contributed by atoms with Crippen LogP contribution >= 0.6 is 0 Å². The number of benzene rings is 1. The molecule has 2 atom stereocenters. The first kappa shape index (κ1) is 10.5. The quantitative estimate of drug-likeness (QED) is 0.821. The molecule has 0 saturated heterocycles. The highest BCUT2D eigenvalue weighted by atomic mass is 16.5. The molecule has 0 saturated carbocycles. The molecule has 82 valence electrons. The van der Waals surface area contributed by atoms with Gasteiger partial charge in [0.2, 0.25) is 0 Å². The average molecular weight is 208 g/mol. The van der Waals surface area contributed by atoms with E-state index in [-0.39, 0.29) is 6.10 Å². The summed E-state index contributed by atoms with van der Waals surface area (Å²) in [5, 5.41) is 10.0. The summed E-state index contributed by atoms with van der Waals surface area (Å²) in [5.41, 5.74) is 2.09. The minimum Gasteiger partial charge on any atom is -0.497 e. The lowest BCUT2D eigenvalue weighted by Gasteiger charge is -2.14. The summed E-state index contributed by atoms with van der Waals surface area (Å²) in [6, 6.07) is 5.80. The van der Waals surface area contributed by atoms with Crippen LogP contribution in [-0.4, -0.2) is 24.9 Å². The Balaban J connectivity index is 2.25. The van der Waals surface area contributed by atoms with E-state index in [0.717, 1.165) is 23.3 Å². The van der Waals surface area contributed by atoms with Crippen LogP contribution in [0.2, 0.25) is 0 Å². The standard InChI is InChI=1S/C12H16O3/c1-3-15-11-6-8-4-5-9(14-2)7-10(8)12(11)13/h4-5,7,11-13H,3,6H2,1-2H3. The Kier molecular flexibility index (Phi) is 2.93. The molecule has 0 amide bonds. The normalized spacial score (nSPS) is 23.9. The number of aliphatic hydroxyl groups excluding tert-OH is 1. The highest BCUT2D eigenvalue weighted by molar-refractivity contribution is 5.41. The second-order valence-electron chi connectivity index (χ2n) is 3.71. The molecule has 1 N–H and O–H groups in total. The van der Waals surface area contributed by atoms with Crippen LogP contribution in [-0.2, 0) is 11.2 Å². The molecule has 3 nitrogen and oxygen atoms in total. The number of hydrogen-bond acceptors (Lipinski definition) is 3. The molecule has 2 rings (SSSR count). The lowest BCUT2D eigenvalue weighted by Crippen LogP contribution is -2.17. The molecule has 0 aromatic heterocycles. The molecule has 0 bridgehead atoms. The van der Waals surface area contributed by atoms with Gasteiger partial charge in [-0.15, -0.1) is 0 Å². The molecule has 1 aromatic rings. The van der Waals surface area contributed by atoms with Crippen LogP contribution in [0.25, 0.3) is 0 Å². The van der Waals surface area contributed by atoms with Gasteiger partial charge in [-0.3, -0.25) is 0 Å². The molecule has 0 heterocycles. The SMILES string of the molecule is CCOC1Cc2ccc(OC)cc2C1O. The topological polar surface area (TPSA) is 38.7 Å². The maximum atomic E-state index is 10.0. The summed E-state index contributed by atoms with van der Waals surface area (Å²) in [4.78, 5) is 0. The second kappa shape index (κ2) is 4.21. The maximum Gasteiger partial charge on any atom is 0.119 e. The van der Waals surface area contributed by atoms with Gasteiger partial charge in [0.05, 0.1) is 13.2 Å². The maximum absolute atomic E-state index is 10.0. The molecule has 15 heavy (non-hydrogen) atoms. The Labute approximate surface area is 89.6 Å². The number of rotatable bonds is 3. The van der Waals surface area contributed by atoms with Gasteiger partial charge in [-0.2, -0.15) is 0 Å². The van der Waals surface area contributed by atoms with Crippen molar-refractivity contribution in [2.45, 2.75) is 25.6 Å². The number of methoxy groups -OCH3 is 1. The first-order valence-electron chi connectivity index (χ1n) is 5.22. The van der Waals surface area contributed by atoms with Gasteiger partial charge in [0.15, 0.2) is 0 Å². The summed E-state index contributed by atoms with van der Waals surface area (Å²) >= 11 is 0. The lowest BCUT2D eigenvalue weighted by atomic mass is 10.1. The summed E-state index contributed by atoms with van der Waals surface area (Å²) in [7, 11) is 1.63. The zero-order valence-electron chi connectivity index (χ0n) is 9.06. The first-order valence-corrected chi connectivity index (χ1v) is 5.22. The molecule has 1 aliphatic carbocycles. The average Bonchev–Trinajstić information content (AvgIpc) is 2.56. The van der Waals surface area contributed by atoms with Crippen LogP contribution in [0.15, 0.2) is 18.2 Å². The van der Waals surface area contributed by atoms with Crippen molar-refractivity contribution in [1.82, 2.24) is 0 Å². The van der Waals surface area contributed by atoms with Crippen molar-refractivity contribution in [2.75, 3.05) is 13.7 Å². The van der Waals surface area contributed by atoms with Crippen LogP contribution in [0.3, 0.4) is 0 Å². The molecule has 2 unspecified atom stereocenters. The van der Waals surface area contributed by atoms with Gasteiger partial charge >= 0.3 is 0 Å². The minimum absolute atomic E-state index is 0.0999. The van der Waals surface area contributed by atoms with E-state index in [2.05, 4.69) is 0 Å². The van der Waals surface area contributed by atoms with E-state index in [1.165, 1.54) is 0 Å². The number of hydrogen-bond donors (Lipinski definition) is 1. The van der Waals surface area contributed by atoms with Gasteiger partial charge in [-0.1, -0.05) is 6.07 Å². The predicted molar refractivity (Wildman–Crippen MR) is 57.1 cm³/mol. The Hall–Kier alpha value is -1.06. The van der Waals surface area contributed by atoms with Crippen LogP contribution in [0.4, 0.5) is 0 Å². The fraction of sp³-hybridized carbons (Fsp3) is 0.500. The highest BCUT2D eigenvalue weighted by Gasteiger charge is 2.31. The zero-order valence-corrected chi connectivity index (χ0v) is 9.06. The highest BCUT2D eigenvalue weighted by Crippen LogP contribution is 2.35. The summed E-state index contributed by atoms with van der Waals surface area (Å²) in [5.74, 6) is 0.782. The van der Waals surface area contributed by atoms with Crippen LogP contribution in [0.5, 0.6) is 5.75 Å². The van der Waals surface area contributed by atoms with Crippen LogP contribution in [0, 0.1) is 0 Å². The van der Waals surface area contributed by atoms with E-state index < -0.39 is 6.10 Å². The van der Waals surface area contributed by atoms with Gasteiger partial charge < -0.3 is 14.6 Å². The Bertz CT molecular complexity index is 349. The summed E-state index contributed by atoms with van der Waals surface area (Å²) < 4.78 is 10.6. The largest absolute Gasteiger partial charge is 0.497 e. The van der Waals surface area contributed by atoms with E-state index in [1.54, 1.807) is 7.11 Å². The van der Waals surface area contributed by atoms with Crippen molar-refractivity contribution in [1.29, 1.82) is 0 Å². The number of ether oxygens (including phenoxy) is 2. The van der Waals surface area contributed by atoms with Crippen LogP contribution in [0.1, 0.15) is 24.2 Å². The van der Waals surface area contributed by atoms with E-state index in [0.29, 0.717) is 6.61 Å². The Morgan fingerprint density at radius 1 is 1.47 bits per heavy atom. The fourth-order valence-electron chi connectivity index (χ4n) is 2.05. The molecule has 1 aliphatic rings. The van der Waals surface area contributed by atoms with E-state index in [9.17, 15) is 5.11 Å². The van der Waals surface area contributed by atoms with E-state index >= 15 is 0 Å². The summed E-state index contributed by atoms with van der Waals surface area (Å²) in [6.45, 7) is 2.57. The third kappa shape index (κ3) is 1.85. The second-order valence-corrected chi connectivity index (χ2v) is 3.71. The summed E-state index contributed by atoms with van der Waals surface area (Å²) in [6.07, 6.45) is 0.168. The third-order valence-corrected chi connectivity index (χ3v) is 2.83. The lowest BCUT2D eigenvalue weighted by molar-refractivity contribution is -0.0224. The molecule has 1 aromatic carbocycles. The number of fused-ring (bicyclic) bond motifs is 1. The van der Waals surface area contributed by atoms with Gasteiger partial charge in [0.1, 0.15) is 11.9 Å². The van der Waals surface area contributed by atoms with Crippen LogP contribution < -0.4 is 4.74 Å². The zero-order chi connectivity index (χ0) is 10.8. The Morgan fingerprint density at radius 3 is 2.93 bits per heavy atom. The smallest absolute Gasteiger partial charge is 0.119 e. The molecule has 0 aliphatic heterocycles. The fourth-order valence-corrected chi connectivity index (χ4v) is 2.05. The molecule has 0 radical (unpaired) electrons. The molecule has 0 spiro atoms. The van der Waals surface area contributed by atoms with Gasteiger partial charge in [-0.05, 0) is 30.2 Å². The van der Waals surface area contributed by atoms with Gasteiger partial charge in [0.25, 0.3) is 0 Å². The Morgan fingerprint density at radius 2 is 2.27 bits per heavy atom. The molecular formula is C12H16O3. The van der Waals surface area contributed by atoms with E-state index in [4.69, 9.17) is 9.47 Å². The predicted octanol–water partition coefficient (Wildman–Crippen LogP) is 1.69. The van der Waals surface area contributed by atoms with Crippen molar-refractivity contribution in [2.24, 2.45) is 0 Å². The van der Waals surface area contributed by atoms with Crippen molar-refractivity contribution in [3.05, 3.63) is 29.3 Å². The minimum atomic E-state index is -0.518. The third-order valence-electron chi connectivity index (χ3n) is 2.83. The number of aliphatic hydroxyl groups is 1. The van der Waals surface area contributed by atoms with Crippen molar-refractivity contribution in [3.8, 4) is 5.75 Å². The molecule has 0 fully saturated rings. The van der Waals surface area contributed by atoms with Crippen molar-refractivity contribution in [3.63, 3.8) is 0 Å². The van der Waals surface area contributed by atoms with Gasteiger partial charge in [0, 0.05) is 13.0 Å².